The summed E-state index contributed by atoms with van der Waals surface area (Å²) >= 11 is 12.1. The second kappa shape index (κ2) is 7.18. The van der Waals surface area contributed by atoms with Crippen LogP contribution < -0.4 is 14.8 Å². The van der Waals surface area contributed by atoms with Crippen molar-refractivity contribution in [3.63, 3.8) is 0 Å². The Hall–Kier alpha value is -1.13. The maximum absolute atomic E-state index is 12.3. The van der Waals surface area contributed by atoms with Gasteiger partial charge < -0.3 is 14.8 Å². The van der Waals surface area contributed by atoms with E-state index in [0.29, 0.717) is 36.8 Å². The topological polar surface area (TPSA) is 47.6 Å². The van der Waals surface area contributed by atoms with E-state index >= 15 is 0 Å². The zero-order valence-electron chi connectivity index (χ0n) is 13.7. The van der Waals surface area contributed by atoms with Crippen molar-refractivity contribution < 1.29 is 14.3 Å². The minimum Gasteiger partial charge on any atom is -0.490 e. The van der Waals surface area contributed by atoms with Gasteiger partial charge in [-0.05, 0) is 38.3 Å². The normalized spacial score (nSPS) is 21.6. The molecule has 2 rings (SSSR count). The quantitative estimate of drug-likeness (QED) is 0.679. The van der Waals surface area contributed by atoms with Crippen LogP contribution in [0.4, 0.5) is 5.69 Å². The van der Waals surface area contributed by atoms with Gasteiger partial charge in [0.25, 0.3) is 0 Å². The highest BCUT2D eigenvalue weighted by Gasteiger charge is 2.67. The van der Waals surface area contributed by atoms with Crippen LogP contribution >= 0.6 is 23.2 Å². The van der Waals surface area contributed by atoms with Crippen molar-refractivity contribution in [1.82, 2.24) is 0 Å². The van der Waals surface area contributed by atoms with E-state index in [9.17, 15) is 4.79 Å². The van der Waals surface area contributed by atoms with Gasteiger partial charge in [0.05, 0.1) is 18.6 Å². The first-order chi connectivity index (χ1) is 10.8. The lowest BCUT2D eigenvalue weighted by Gasteiger charge is -2.16. The minimum absolute atomic E-state index is 0.189. The third-order valence-corrected chi connectivity index (χ3v) is 4.99. The Morgan fingerprint density at radius 2 is 1.74 bits per heavy atom. The SMILES string of the molecule is CCCOc1ccc(NC(=O)[C@@]2(C)CC2(Cl)Cl)cc1OCCC. The molecule has 1 aromatic rings. The van der Waals surface area contributed by atoms with Gasteiger partial charge in [-0.3, -0.25) is 4.79 Å². The average Bonchev–Trinajstić information content (AvgIpc) is 3.04. The maximum atomic E-state index is 12.3. The van der Waals surface area contributed by atoms with Crippen molar-refractivity contribution in [3.8, 4) is 11.5 Å². The first-order valence-corrected chi connectivity index (χ1v) is 8.68. The third kappa shape index (κ3) is 4.04. The lowest BCUT2D eigenvalue weighted by molar-refractivity contribution is -0.120. The molecule has 0 bridgehead atoms. The van der Waals surface area contributed by atoms with E-state index < -0.39 is 9.75 Å². The monoisotopic (exact) mass is 359 g/mol. The van der Waals surface area contributed by atoms with Gasteiger partial charge in [-0.2, -0.15) is 0 Å². The molecule has 1 fully saturated rings. The molecular weight excluding hydrogens is 337 g/mol. The summed E-state index contributed by atoms with van der Waals surface area (Å²) in [7, 11) is 0. The summed E-state index contributed by atoms with van der Waals surface area (Å²) in [5.74, 6) is 1.12. The number of carbonyl (C=O) groups excluding carboxylic acids is 1. The van der Waals surface area contributed by atoms with E-state index in [1.54, 1.807) is 25.1 Å². The Morgan fingerprint density at radius 3 is 2.26 bits per heavy atom. The van der Waals surface area contributed by atoms with Crippen LogP contribution in [0, 0.1) is 5.41 Å². The second-order valence-electron chi connectivity index (χ2n) is 6.03. The Bertz CT molecular complexity index is 577. The molecule has 1 aromatic carbocycles. The number of ether oxygens (including phenoxy) is 2. The second-order valence-corrected chi connectivity index (χ2v) is 7.51. The van der Waals surface area contributed by atoms with Gasteiger partial charge in [0.1, 0.15) is 4.33 Å². The van der Waals surface area contributed by atoms with Crippen molar-refractivity contribution in [2.75, 3.05) is 18.5 Å². The van der Waals surface area contributed by atoms with Crippen LogP contribution in [0.15, 0.2) is 18.2 Å². The lowest BCUT2D eigenvalue weighted by atomic mass is 10.1. The molecule has 4 nitrogen and oxygen atoms in total. The summed E-state index contributed by atoms with van der Waals surface area (Å²) in [6.07, 6.45) is 2.26. The molecule has 6 heteroatoms. The van der Waals surface area contributed by atoms with E-state index in [1.165, 1.54) is 0 Å². The third-order valence-electron chi connectivity index (χ3n) is 3.88. The lowest BCUT2D eigenvalue weighted by Crippen LogP contribution is -2.25. The molecule has 0 saturated heterocycles. The number of rotatable bonds is 8. The number of hydrogen-bond acceptors (Lipinski definition) is 3. The van der Waals surface area contributed by atoms with Crippen molar-refractivity contribution in [2.24, 2.45) is 5.41 Å². The highest BCUT2D eigenvalue weighted by molar-refractivity contribution is 6.53. The number of halogens is 2. The van der Waals surface area contributed by atoms with E-state index in [4.69, 9.17) is 32.7 Å². The molecule has 0 spiro atoms. The number of benzene rings is 1. The fourth-order valence-corrected chi connectivity index (χ4v) is 2.86. The molecule has 1 aliphatic rings. The van der Waals surface area contributed by atoms with E-state index in [0.717, 1.165) is 12.8 Å². The number of carbonyl (C=O) groups is 1. The summed E-state index contributed by atoms with van der Waals surface area (Å²) in [5, 5.41) is 2.86. The molecule has 0 heterocycles. The number of hydrogen-bond donors (Lipinski definition) is 1. The Kier molecular flexibility index (Phi) is 5.69. The molecule has 0 radical (unpaired) electrons. The Balaban J connectivity index is 2.11. The predicted molar refractivity (Wildman–Crippen MR) is 93.8 cm³/mol. The molecule has 0 aliphatic heterocycles. The minimum atomic E-state index is -0.983. The molecule has 1 aliphatic carbocycles. The summed E-state index contributed by atoms with van der Waals surface area (Å²) in [6, 6.07) is 5.37. The van der Waals surface area contributed by atoms with Gasteiger partial charge >= 0.3 is 0 Å². The Morgan fingerprint density at radius 1 is 1.17 bits per heavy atom. The smallest absolute Gasteiger partial charge is 0.233 e. The van der Waals surface area contributed by atoms with Gasteiger partial charge in [-0.15, -0.1) is 23.2 Å². The van der Waals surface area contributed by atoms with E-state index in [-0.39, 0.29) is 5.91 Å². The summed E-state index contributed by atoms with van der Waals surface area (Å²) in [5.41, 5.74) is -0.111. The molecule has 128 valence electrons. The van der Waals surface area contributed by atoms with E-state index in [1.807, 2.05) is 13.8 Å². The maximum Gasteiger partial charge on any atom is 0.233 e. The van der Waals surface area contributed by atoms with Crippen molar-refractivity contribution >= 4 is 34.8 Å². The summed E-state index contributed by atoms with van der Waals surface area (Å²) in [6.45, 7) is 7.04. The highest BCUT2D eigenvalue weighted by Crippen LogP contribution is 2.64. The van der Waals surface area contributed by atoms with Crippen molar-refractivity contribution in [1.29, 1.82) is 0 Å². The van der Waals surface area contributed by atoms with Crippen LogP contribution in [-0.4, -0.2) is 23.5 Å². The number of amides is 1. The molecule has 1 amide bonds. The molecule has 0 unspecified atom stereocenters. The first-order valence-electron chi connectivity index (χ1n) is 7.93. The van der Waals surface area contributed by atoms with Crippen LogP contribution in [0.5, 0.6) is 11.5 Å². The Labute approximate surface area is 147 Å². The molecule has 1 N–H and O–H groups in total. The molecule has 1 saturated carbocycles. The fraction of sp³-hybridized carbons (Fsp3) is 0.588. The largest absolute Gasteiger partial charge is 0.490 e. The first kappa shape index (κ1) is 18.2. The predicted octanol–water partition coefficient (Wildman–Crippen LogP) is 4.79. The number of nitrogens with one attached hydrogen (secondary N) is 1. The highest BCUT2D eigenvalue weighted by atomic mass is 35.5. The van der Waals surface area contributed by atoms with Crippen LogP contribution in [-0.2, 0) is 4.79 Å². The summed E-state index contributed by atoms with van der Waals surface area (Å²) < 4.78 is 10.4. The van der Waals surface area contributed by atoms with Crippen molar-refractivity contribution in [2.45, 2.75) is 44.4 Å². The van der Waals surface area contributed by atoms with Crippen molar-refractivity contribution in [3.05, 3.63) is 18.2 Å². The standard InChI is InChI=1S/C17H23Cl2NO3/c1-4-8-22-13-7-6-12(10-14(13)23-9-5-2)20-15(21)16(3)11-17(16,18)19/h6-7,10H,4-5,8-9,11H2,1-3H3,(H,20,21)/t16-/m1/s1. The molecule has 1 atom stereocenters. The zero-order chi connectivity index (χ0) is 17.1. The number of alkyl halides is 2. The summed E-state index contributed by atoms with van der Waals surface area (Å²) in [4.78, 5) is 12.3. The van der Waals surface area contributed by atoms with Crippen LogP contribution in [0.25, 0.3) is 0 Å². The molecule has 0 aromatic heterocycles. The fourth-order valence-electron chi connectivity index (χ4n) is 2.16. The van der Waals surface area contributed by atoms with Crippen LogP contribution in [0.3, 0.4) is 0 Å². The molecular formula is C17H23Cl2NO3. The average molecular weight is 360 g/mol. The van der Waals surface area contributed by atoms with Crippen LogP contribution in [0.2, 0.25) is 0 Å². The van der Waals surface area contributed by atoms with Gasteiger partial charge in [-0.1, -0.05) is 13.8 Å². The van der Waals surface area contributed by atoms with Gasteiger partial charge in [-0.25, -0.2) is 0 Å². The van der Waals surface area contributed by atoms with Gasteiger partial charge in [0, 0.05) is 11.8 Å². The van der Waals surface area contributed by atoms with Gasteiger partial charge in [0.2, 0.25) is 5.91 Å². The van der Waals surface area contributed by atoms with E-state index in [2.05, 4.69) is 5.32 Å². The van der Waals surface area contributed by atoms with Gasteiger partial charge in [0.15, 0.2) is 11.5 Å². The number of anilines is 1. The zero-order valence-corrected chi connectivity index (χ0v) is 15.3. The molecule has 23 heavy (non-hydrogen) atoms. The van der Waals surface area contributed by atoms with Crippen LogP contribution in [0.1, 0.15) is 40.0 Å².